The van der Waals surface area contributed by atoms with E-state index in [0.29, 0.717) is 11.9 Å². The maximum Gasteiger partial charge on any atom is 0.248 e. The van der Waals surface area contributed by atoms with Crippen LogP contribution in [-0.4, -0.2) is 62.5 Å². The summed E-state index contributed by atoms with van der Waals surface area (Å²) in [5.41, 5.74) is 0.643. The largest absolute Gasteiger partial charge is 0.336 e. The Hall–Kier alpha value is -1.64. The van der Waals surface area contributed by atoms with Gasteiger partial charge in [-0.15, -0.1) is 12.8 Å². The molecule has 0 aromatic rings. The molecule has 1 rings (SSSR count). The summed E-state index contributed by atoms with van der Waals surface area (Å²) in [6.45, 7) is 22.0. The maximum absolute atomic E-state index is 11.5. The summed E-state index contributed by atoms with van der Waals surface area (Å²) in [6.07, 6.45) is 9.83. The average molecular weight is 374 g/mol. The number of amides is 1. The van der Waals surface area contributed by atoms with Crippen molar-refractivity contribution in [1.29, 1.82) is 0 Å². The number of hydrogen-bond acceptors (Lipinski definition) is 3. The van der Waals surface area contributed by atoms with Crippen molar-refractivity contribution in [3.63, 3.8) is 0 Å². The van der Waals surface area contributed by atoms with Crippen LogP contribution in [0.3, 0.4) is 0 Å². The summed E-state index contributed by atoms with van der Waals surface area (Å²) >= 11 is 0. The van der Waals surface area contributed by atoms with E-state index in [2.05, 4.69) is 36.6 Å². The molecule has 0 aliphatic carbocycles. The van der Waals surface area contributed by atoms with Gasteiger partial charge in [0, 0.05) is 31.8 Å². The van der Waals surface area contributed by atoms with E-state index in [1.165, 1.54) is 6.08 Å². The van der Waals surface area contributed by atoms with Crippen LogP contribution in [0.25, 0.3) is 0 Å². The second kappa shape index (κ2) is 34.6. The highest BCUT2D eigenvalue weighted by atomic mass is 19.1. The van der Waals surface area contributed by atoms with Crippen molar-refractivity contribution >= 4 is 5.91 Å². The minimum Gasteiger partial charge on any atom is -0.336 e. The quantitative estimate of drug-likeness (QED) is 0.577. The van der Waals surface area contributed by atoms with E-state index in [1.54, 1.807) is 13.8 Å². The molecule has 1 amide bonds. The third-order valence-electron chi connectivity index (χ3n) is 2.60. The molecule has 0 unspecified atom stereocenters. The molecule has 0 spiro atoms. The molecule has 0 radical (unpaired) electrons. The lowest BCUT2D eigenvalue weighted by atomic mass is 10.2. The van der Waals surface area contributed by atoms with Crippen LogP contribution in [0.1, 0.15) is 48.5 Å². The Morgan fingerprint density at radius 2 is 1.42 bits per heavy atom. The van der Waals surface area contributed by atoms with Crippen LogP contribution in [0.2, 0.25) is 0 Å². The normalized spacial score (nSPS) is 12.1. The van der Waals surface area contributed by atoms with Crippen LogP contribution >= 0.6 is 0 Å². The molecule has 0 atom stereocenters. The molecule has 1 aliphatic heterocycles. The van der Waals surface area contributed by atoms with Gasteiger partial charge in [-0.2, -0.15) is 0 Å². The Bertz CT molecular complexity index is 316. The summed E-state index contributed by atoms with van der Waals surface area (Å²) in [5.74, 6) is 0.107. The molecule has 1 aliphatic rings. The molecule has 1 saturated heterocycles. The number of carbonyl (C=O) groups excluding carboxylic acids is 1. The highest BCUT2D eigenvalue weighted by Gasteiger charge is 2.19. The smallest absolute Gasteiger partial charge is 0.248 e. The topological polar surface area (TPSA) is 35.6 Å². The third-order valence-corrected chi connectivity index (χ3v) is 2.60. The number of hydrogen-bond donors (Lipinski definition) is 1. The Morgan fingerprint density at radius 3 is 1.62 bits per heavy atom. The fourth-order valence-corrected chi connectivity index (χ4v) is 1.54. The number of nitrogens with one attached hydrogen (secondary N) is 1. The van der Waals surface area contributed by atoms with Crippen LogP contribution in [0.15, 0.2) is 24.6 Å². The van der Waals surface area contributed by atoms with E-state index in [9.17, 15) is 9.18 Å². The van der Waals surface area contributed by atoms with E-state index in [1.807, 2.05) is 46.7 Å². The number of halogens is 1. The predicted molar refractivity (Wildman–Crippen MR) is 117 cm³/mol. The summed E-state index contributed by atoms with van der Waals surface area (Å²) in [4.78, 5) is 15.7. The Kier molecular flexibility index (Phi) is 47.3. The van der Waals surface area contributed by atoms with Gasteiger partial charge in [-0.1, -0.05) is 47.3 Å². The number of likely N-dealkylation sites (N-methyl/N-ethyl adjacent to an activating group) is 1. The number of carbonyl (C=O) groups is 1. The number of terminal acetylenes is 1. The molecule has 156 valence electrons. The van der Waals surface area contributed by atoms with E-state index >= 15 is 0 Å². The van der Waals surface area contributed by atoms with Gasteiger partial charge in [-0.05, 0) is 34.5 Å². The minimum absolute atomic E-state index is 0.107. The molecule has 26 heavy (non-hydrogen) atoms. The van der Waals surface area contributed by atoms with Crippen molar-refractivity contribution in [2.24, 2.45) is 0 Å². The lowest BCUT2D eigenvalue weighted by molar-refractivity contribution is -0.128. The van der Waals surface area contributed by atoms with Gasteiger partial charge in [0.1, 0.15) is 0 Å². The Balaban J connectivity index is -0.0000000944. The fraction of sp³-hybridized carbons (Fsp3) is 0.667. The first-order valence-electron chi connectivity index (χ1n) is 9.28. The number of rotatable bonds is 2. The van der Waals surface area contributed by atoms with Crippen molar-refractivity contribution < 1.29 is 9.18 Å². The Morgan fingerprint density at radius 1 is 1.12 bits per heavy atom. The van der Waals surface area contributed by atoms with Gasteiger partial charge in [0.2, 0.25) is 5.91 Å². The third kappa shape index (κ3) is 27.2. The molecule has 1 heterocycles. The number of nitrogens with zero attached hydrogens (tertiary/aromatic N) is 2. The molecule has 0 aromatic carbocycles. The van der Waals surface area contributed by atoms with Crippen molar-refractivity contribution in [2.75, 3.05) is 46.8 Å². The average Bonchev–Trinajstić information content (AvgIpc) is 2.72. The van der Waals surface area contributed by atoms with Gasteiger partial charge in [-0.3, -0.25) is 4.79 Å². The SMILES string of the molecule is C#C.C/C=C\F.C=C(C)C(=O)N1CCN(CC)CC1.CC.CC.CNC. The van der Waals surface area contributed by atoms with Gasteiger partial charge in [0.25, 0.3) is 0 Å². The summed E-state index contributed by atoms with van der Waals surface area (Å²) in [5, 5.41) is 2.75. The van der Waals surface area contributed by atoms with Gasteiger partial charge in [0.05, 0.1) is 6.33 Å². The standard InChI is InChI=1S/C10H18N2O.C3H5F.C2H7N.2C2H6.C2H2/c1-4-11-5-7-12(8-6-11)10(13)9(2)3;1-2-3-4;1-3-2;3*1-2/h2,4-8H2,1,3H3;2-3H,1H3;3H,1-2H3;2*1-2H3;1-2H/b;3-2-;;;;. The van der Waals surface area contributed by atoms with Crippen molar-refractivity contribution in [1.82, 2.24) is 15.1 Å². The van der Waals surface area contributed by atoms with E-state index in [-0.39, 0.29) is 5.91 Å². The summed E-state index contributed by atoms with van der Waals surface area (Å²) < 4.78 is 10.5. The van der Waals surface area contributed by atoms with Gasteiger partial charge in [-0.25, -0.2) is 4.39 Å². The monoisotopic (exact) mass is 373 g/mol. The zero-order valence-corrected chi connectivity index (χ0v) is 18.7. The summed E-state index contributed by atoms with van der Waals surface area (Å²) in [7, 11) is 3.75. The zero-order valence-electron chi connectivity index (χ0n) is 18.7. The van der Waals surface area contributed by atoms with Crippen LogP contribution in [-0.2, 0) is 4.79 Å². The number of piperazine rings is 1. The lowest BCUT2D eigenvalue weighted by Gasteiger charge is -2.34. The maximum atomic E-state index is 11.5. The van der Waals surface area contributed by atoms with Gasteiger partial charge in [0.15, 0.2) is 0 Å². The van der Waals surface area contributed by atoms with Gasteiger partial charge < -0.3 is 15.1 Å². The molecule has 4 nitrogen and oxygen atoms in total. The molecular weight excluding hydrogens is 329 g/mol. The van der Waals surface area contributed by atoms with Crippen LogP contribution in [0.5, 0.6) is 0 Å². The van der Waals surface area contributed by atoms with E-state index in [0.717, 1.165) is 32.7 Å². The van der Waals surface area contributed by atoms with E-state index < -0.39 is 0 Å². The first-order valence-corrected chi connectivity index (χ1v) is 9.28. The van der Waals surface area contributed by atoms with Crippen molar-refractivity contribution in [2.45, 2.75) is 48.5 Å². The minimum atomic E-state index is 0.107. The lowest BCUT2D eigenvalue weighted by Crippen LogP contribution is -2.48. The van der Waals surface area contributed by atoms with Crippen molar-refractivity contribution in [3.8, 4) is 12.8 Å². The molecule has 0 aromatic heterocycles. The van der Waals surface area contributed by atoms with E-state index in [4.69, 9.17) is 0 Å². The molecule has 0 saturated carbocycles. The highest BCUT2D eigenvalue weighted by molar-refractivity contribution is 5.92. The first-order chi connectivity index (χ1) is 12.5. The second-order valence-corrected chi connectivity index (χ2v) is 4.47. The zero-order chi connectivity index (χ0) is 22.0. The highest BCUT2D eigenvalue weighted by Crippen LogP contribution is 2.04. The molecular formula is C21H44FN3O. The molecule has 5 heteroatoms. The second-order valence-electron chi connectivity index (χ2n) is 4.47. The van der Waals surface area contributed by atoms with Crippen LogP contribution in [0.4, 0.5) is 4.39 Å². The summed E-state index contributed by atoms with van der Waals surface area (Å²) in [6, 6.07) is 0. The molecule has 0 bridgehead atoms. The van der Waals surface area contributed by atoms with Crippen LogP contribution in [0, 0.1) is 12.8 Å². The first kappa shape index (κ1) is 35.5. The van der Waals surface area contributed by atoms with Crippen molar-refractivity contribution in [3.05, 3.63) is 24.6 Å². The Labute approximate surface area is 163 Å². The predicted octanol–water partition coefficient (Wildman–Crippen LogP) is 4.35. The number of allylic oxidation sites excluding steroid dienone is 1. The van der Waals surface area contributed by atoms with Gasteiger partial charge >= 0.3 is 0 Å². The molecule has 1 fully saturated rings. The van der Waals surface area contributed by atoms with Crippen LogP contribution < -0.4 is 5.32 Å². The molecule has 1 N–H and O–H groups in total. The fourth-order valence-electron chi connectivity index (χ4n) is 1.54.